The number of rotatable bonds is 11. The van der Waals surface area contributed by atoms with Crippen molar-refractivity contribution >= 4 is 20.2 Å². The lowest BCUT2D eigenvalue weighted by Gasteiger charge is -2.01. The Morgan fingerprint density at radius 3 is 1.86 bits per heavy atom. The van der Waals surface area contributed by atoms with Gasteiger partial charge in [0.2, 0.25) is 0 Å². The summed E-state index contributed by atoms with van der Waals surface area (Å²) in [5.41, 5.74) is 0. The summed E-state index contributed by atoms with van der Waals surface area (Å²) < 4.78 is 17.0. The van der Waals surface area contributed by atoms with Gasteiger partial charge in [0.25, 0.3) is 0 Å². The monoisotopic (exact) mass is 236 g/mol. The lowest BCUT2D eigenvalue weighted by atomic mass is 10.1. The standard InChI is InChI=1S/C10H25FOSi2/c11-9-7-5-3-1-2-4-6-8-10-14-12-13/h1-10,14H2,13H3. The molecule has 0 aliphatic carbocycles. The topological polar surface area (TPSA) is 9.23 Å². The van der Waals surface area contributed by atoms with Crippen molar-refractivity contribution in [1.29, 1.82) is 0 Å². The molecular formula is C10H25FOSi2. The Bertz CT molecular complexity index is 92.1. The molecule has 0 rings (SSSR count). The van der Waals surface area contributed by atoms with Gasteiger partial charge < -0.3 is 4.12 Å². The van der Waals surface area contributed by atoms with E-state index in [0.29, 0.717) is 0 Å². The molecular weight excluding hydrogens is 211 g/mol. The zero-order valence-electron chi connectivity index (χ0n) is 9.56. The highest BCUT2D eigenvalue weighted by Crippen LogP contribution is 2.09. The summed E-state index contributed by atoms with van der Waals surface area (Å²) >= 11 is 0. The summed E-state index contributed by atoms with van der Waals surface area (Å²) in [6, 6.07) is 1.37. The van der Waals surface area contributed by atoms with Crippen molar-refractivity contribution in [3.05, 3.63) is 0 Å². The number of hydrogen-bond donors (Lipinski definition) is 0. The van der Waals surface area contributed by atoms with Crippen molar-refractivity contribution in [2.24, 2.45) is 0 Å². The molecule has 0 fully saturated rings. The van der Waals surface area contributed by atoms with Crippen LogP contribution in [0.15, 0.2) is 0 Å². The van der Waals surface area contributed by atoms with Crippen LogP contribution in [0.2, 0.25) is 6.04 Å². The second-order valence-electron chi connectivity index (χ2n) is 3.86. The minimum atomic E-state index is -0.134. The minimum Gasteiger partial charge on any atom is -0.468 e. The fraction of sp³-hybridized carbons (Fsp3) is 1.00. The van der Waals surface area contributed by atoms with Crippen molar-refractivity contribution in [2.75, 3.05) is 6.67 Å². The average Bonchev–Trinajstić information content (AvgIpc) is 2.21. The van der Waals surface area contributed by atoms with Gasteiger partial charge in [0.1, 0.15) is 20.2 Å². The largest absolute Gasteiger partial charge is 0.468 e. The maximum atomic E-state index is 11.7. The van der Waals surface area contributed by atoms with Crippen LogP contribution in [0.5, 0.6) is 0 Å². The van der Waals surface area contributed by atoms with Gasteiger partial charge in [-0.05, 0) is 12.5 Å². The molecule has 0 unspecified atom stereocenters. The first-order valence-corrected chi connectivity index (χ1v) is 8.36. The van der Waals surface area contributed by atoms with Crippen molar-refractivity contribution < 1.29 is 8.51 Å². The highest BCUT2D eigenvalue weighted by atomic mass is 28.3. The fourth-order valence-corrected chi connectivity index (χ4v) is 3.29. The SMILES string of the molecule is FCCCCCCCCCC[SiH2]O[SiH3]. The molecule has 4 heteroatoms. The van der Waals surface area contributed by atoms with Crippen LogP contribution in [-0.4, -0.2) is 26.9 Å². The summed E-state index contributed by atoms with van der Waals surface area (Å²) in [6.07, 6.45) is 9.83. The van der Waals surface area contributed by atoms with Gasteiger partial charge in [-0.1, -0.05) is 44.9 Å². The molecule has 0 radical (unpaired) electrons. The summed E-state index contributed by atoms with van der Waals surface area (Å²) in [6.45, 7) is -0.134. The molecule has 0 spiro atoms. The van der Waals surface area contributed by atoms with Crippen LogP contribution in [0, 0.1) is 0 Å². The van der Waals surface area contributed by atoms with E-state index in [2.05, 4.69) is 0 Å². The second-order valence-corrected chi connectivity index (χ2v) is 7.29. The first kappa shape index (κ1) is 14.3. The van der Waals surface area contributed by atoms with Crippen LogP contribution in [0.25, 0.3) is 0 Å². The van der Waals surface area contributed by atoms with E-state index in [4.69, 9.17) is 4.12 Å². The van der Waals surface area contributed by atoms with Crippen molar-refractivity contribution in [3.8, 4) is 0 Å². The molecule has 0 aliphatic heterocycles. The Kier molecular flexibility index (Phi) is 13.6. The molecule has 0 N–H and O–H groups in total. The average molecular weight is 236 g/mol. The number of unbranched alkanes of at least 4 members (excludes halogenated alkanes) is 7. The number of halogens is 1. The Balaban J connectivity index is 2.78. The molecule has 0 aromatic carbocycles. The van der Waals surface area contributed by atoms with Crippen LogP contribution < -0.4 is 0 Å². The Morgan fingerprint density at radius 2 is 1.36 bits per heavy atom. The van der Waals surface area contributed by atoms with E-state index in [-0.39, 0.29) is 16.4 Å². The van der Waals surface area contributed by atoms with Crippen molar-refractivity contribution in [3.63, 3.8) is 0 Å². The second kappa shape index (κ2) is 13.3. The highest BCUT2D eigenvalue weighted by molar-refractivity contribution is 6.34. The van der Waals surface area contributed by atoms with Gasteiger partial charge in [0.15, 0.2) is 0 Å². The lowest BCUT2D eigenvalue weighted by molar-refractivity contribution is 0.449. The molecule has 0 aliphatic rings. The summed E-state index contributed by atoms with van der Waals surface area (Å²) in [5.74, 6) is 0. The molecule has 14 heavy (non-hydrogen) atoms. The highest BCUT2D eigenvalue weighted by Gasteiger charge is 1.92. The van der Waals surface area contributed by atoms with Crippen LogP contribution in [0.4, 0.5) is 4.39 Å². The summed E-state index contributed by atoms with van der Waals surface area (Å²) in [5, 5.41) is 0. The summed E-state index contributed by atoms with van der Waals surface area (Å²) in [4.78, 5) is 0. The van der Waals surface area contributed by atoms with Gasteiger partial charge in [-0.3, -0.25) is 4.39 Å². The first-order chi connectivity index (χ1) is 6.91. The van der Waals surface area contributed by atoms with Crippen molar-refractivity contribution in [1.82, 2.24) is 0 Å². The van der Waals surface area contributed by atoms with Gasteiger partial charge in [-0.25, -0.2) is 0 Å². The first-order valence-electron chi connectivity index (χ1n) is 5.96. The third-order valence-electron chi connectivity index (χ3n) is 2.48. The Morgan fingerprint density at radius 1 is 0.857 bits per heavy atom. The van der Waals surface area contributed by atoms with Crippen molar-refractivity contribution in [2.45, 2.75) is 57.4 Å². The molecule has 0 amide bonds. The minimum absolute atomic E-state index is 0.109. The molecule has 0 bridgehead atoms. The van der Waals surface area contributed by atoms with E-state index in [1.54, 1.807) is 0 Å². The van der Waals surface area contributed by atoms with E-state index in [1.807, 2.05) is 0 Å². The smallest absolute Gasteiger partial charge is 0.145 e. The van der Waals surface area contributed by atoms with Crippen LogP contribution in [0.1, 0.15) is 51.4 Å². The zero-order valence-corrected chi connectivity index (χ0v) is 13.0. The molecule has 0 aromatic rings. The fourth-order valence-electron chi connectivity index (χ4n) is 1.58. The Hall–Kier alpha value is 0.324. The van der Waals surface area contributed by atoms with Gasteiger partial charge in [-0.15, -0.1) is 0 Å². The summed E-state index contributed by atoms with van der Waals surface area (Å²) in [7, 11) is 0.832. The number of hydrogen-bond acceptors (Lipinski definition) is 1. The molecule has 0 atom stereocenters. The van der Waals surface area contributed by atoms with E-state index >= 15 is 0 Å². The van der Waals surface area contributed by atoms with E-state index in [0.717, 1.165) is 23.3 Å². The predicted octanol–water partition coefficient (Wildman–Crippen LogP) is 1.88. The van der Waals surface area contributed by atoms with E-state index < -0.39 is 0 Å². The Labute approximate surface area is 93.3 Å². The molecule has 0 aromatic heterocycles. The predicted molar refractivity (Wildman–Crippen MR) is 67.3 cm³/mol. The van der Waals surface area contributed by atoms with Gasteiger partial charge in [-0.2, -0.15) is 0 Å². The maximum absolute atomic E-state index is 11.7. The van der Waals surface area contributed by atoms with Gasteiger partial charge >= 0.3 is 0 Å². The normalized spacial score (nSPS) is 11.8. The molecule has 0 saturated heterocycles. The van der Waals surface area contributed by atoms with E-state index in [9.17, 15) is 4.39 Å². The van der Waals surface area contributed by atoms with Crippen LogP contribution in [-0.2, 0) is 4.12 Å². The van der Waals surface area contributed by atoms with Crippen LogP contribution >= 0.6 is 0 Å². The maximum Gasteiger partial charge on any atom is 0.145 e. The molecule has 1 nitrogen and oxygen atoms in total. The lowest BCUT2D eigenvalue weighted by Crippen LogP contribution is -1.93. The molecule has 0 heterocycles. The van der Waals surface area contributed by atoms with Gasteiger partial charge in [0, 0.05) is 0 Å². The molecule has 0 saturated carbocycles. The third kappa shape index (κ3) is 12.3. The van der Waals surface area contributed by atoms with E-state index in [1.165, 1.54) is 44.6 Å². The number of alkyl halides is 1. The third-order valence-corrected chi connectivity index (χ3v) is 4.90. The van der Waals surface area contributed by atoms with Gasteiger partial charge in [0.05, 0.1) is 6.67 Å². The van der Waals surface area contributed by atoms with Crippen LogP contribution in [0.3, 0.4) is 0 Å². The molecule has 86 valence electrons. The zero-order chi connectivity index (χ0) is 10.5. The quantitative estimate of drug-likeness (QED) is 0.393.